The van der Waals surface area contributed by atoms with Crippen molar-refractivity contribution in [3.05, 3.63) is 112 Å². The summed E-state index contributed by atoms with van der Waals surface area (Å²) >= 11 is 0. The fraction of sp³-hybridized carbons (Fsp3) is 0.479. The second kappa shape index (κ2) is 17.6. The molecule has 63 heavy (non-hydrogen) atoms. The van der Waals surface area contributed by atoms with Crippen molar-refractivity contribution in [3.63, 3.8) is 0 Å². The summed E-state index contributed by atoms with van der Waals surface area (Å²) in [5, 5.41) is 13.0. The van der Waals surface area contributed by atoms with E-state index in [1.807, 2.05) is 12.1 Å². The first-order valence-electron chi connectivity index (χ1n) is 22.5. The molecule has 1 amide bonds. The van der Waals surface area contributed by atoms with Crippen molar-refractivity contribution in [2.45, 2.75) is 101 Å². The Labute approximate surface area is 369 Å². The predicted molar refractivity (Wildman–Crippen MR) is 241 cm³/mol. The van der Waals surface area contributed by atoms with Gasteiger partial charge in [0.1, 0.15) is 27.7 Å². The van der Waals surface area contributed by atoms with Crippen molar-refractivity contribution in [3.8, 4) is 11.5 Å². The number of aromatic amines is 1. The van der Waals surface area contributed by atoms with Gasteiger partial charge in [-0.3, -0.25) is 24.8 Å². The number of piperidine rings is 1. The van der Waals surface area contributed by atoms with Gasteiger partial charge in [-0.05, 0) is 104 Å². The Morgan fingerprint density at radius 2 is 1.79 bits per heavy atom. The van der Waals surface area contributed by atoms with Gasteiger partial charge in [-0.25, -0.2) is 18.1 Å². The number of hydrogen-bond acceptors (Lipinski definition) is 11. The number of rotatable bonds is 12. The summed E-state index contributed by atoms with van der Waals surface area (Å²) in [6, 6.07) is 19.4. The highest BCUT2D eigenvalue weighted by Crippen LogP contribution is 2.53. The van der Waals surface area contributed by atoms with Crippen LogP contribution in [0.25, 0.3) is 11.0 Å². The van der Waals surface area contributed by atoms with E-state index in [1.54, 1.807) is 30.6 Å². The lowest BCUT2D eigenvalue weighted by Crippen LogP contribution is -2.58. The molecule has 4 aliphatic rings. The van der Waals surface area contributed by atoms with Gasteiger partial charge in [0.25, 0.3) is 21.6 Å². The first kappa shape index (κ1) is 42.9. The van der Waals surface area contributed by atoms with Crippen LogP contribution in [0.2, 0.25) is 0 Å². The second-order valence-electron chi connectivity index (χ2n) is 18.7. The summed E-state index contributed by atoms with van der Waals surface area (Å²) in [5.41, 5.74) is 4.43. The molecule has 5 heterocycles. The molecule has 1 spiro atoms. The van der Waals surface area contributed by atoms with Crippen LogP contribution in [0.4, 0.5) is 11.4 Å². The Balaban J connectivity index is 0.911. The molecule has 332 valence electrons. The topological polar surface area (TPSA) is 173 Å². The van der Waals surface area contributed by atoms with E-state index in [1.165, 1.54) is 11.1 Å². The standard InChI is InChI=1S/C48H57N7O7S/c1-31(2)39-6-4-5-7-40(39)44-30-61-21-20-54(44)36-26-48(27-36)15-18-53(19-16-48)35-12-13-41(45(24-35)62-37-23-34-14-17-49-46(34)51-28-37)47(56)52-63(59,60)38-25-43(55(57)58)42(50-29-38)22-33-10-8-32(3)9-11-33/h4-7,12-14,17,23-25,28-29,31-33,36,44H,8-11,15-16,18-22,26-27,30H2,1-3H3,(H,49,51)(H,52,56)/t32?,33?,44-/m0/s1. The van der Waals surface area contributed by atoms with Gasteiger partial charge >= 0.3 is 0 Å². The van der Waals surface area contributed by atoms with E-state index in [2.05, 4.69) is 74.5 Å². The van der Waals surface area contributed by atoms with Gasteiger partial charge in [-0.2, -0.15) is 0 Å². The maximum absolute atomic E-state index is 14.0. The number of carbonyl (C=O) groups is 1. The molecule has 3 aromatic heterocycles. The van der Waals surface area contributed by atoms with Crippen LogP contribution in [0.1, 0.15) is 111 Å². The molecule has 2 saturated carbocycles. The average Bonchev–Trinajstić information content (AvgIpc) is 3.74. The van der Waals surface area contributed by atoms with Gasteiger partial charge in [0.05, 0.1) is 35.9 Å². The highest BCUT2D eigenvalue weighted by molar-refractivity contribution is 7.90. The zero-order valence-corrected chi connectivity index (χ0v) is 37.1. The van der Waals surface area contributed by atoms with Crippen molar-refractivity contribution in [2.24, 2.45) is 17.3 Å². The molecule has 5 aromatic rings. The number of H-pyrrole nitrogens is 1. The SMILES string of the molecule is CC1CCC(Cc2ncc(S(=O)(=O)NC(=O)c3ccc(N4CCC5(CC4)CC(N4CCOC[C@H]4c4ccccc4C(C)C)C5)cc3Oc3cnc4[nH]ccc4c3)cc2[N+](=O)[O-])CC1. The van der Waals surface area contributed by atoms with Gasteiger partial charge in [0.2, 0.25) is 0 Å². The number of benzene rings is 2. The molecule has 0 bridgehead atoms. The Morgan fingerprint density at radius 1 is 1.02 bits per heavy atom. The smallest absolute Gasteiger partial charge is 0.292 e. The molecule has 2 saturated heterocycles. The van der Waals surface area contributed by atoms with Crippen molar-refractivity contribution in [2.75, 3.05) is 37.7 Å². The predicted octanol–water partition coefficient (Wildman–Crippen LogP) is 9.09. The highest BCUT2D eigenvalue weighted by Gasteiger charge is 2.49. The van der Waals surface area contributed by atoms with E-state index in [9.17, 15) is 23.3 Å². The molecule has 0 unspecified atom stereocenters. The monoisotopic (exact) mass is 875 g/mol. The van der Waals surface area contributed by atoms with Gasteiger partial charge in [-0.1, -0.05) is 57.9 Å². The number of pyridine rings is 2. The number of morpholine rings is 1. The summed E-state index contributed by atoms with van der Waals surface area (Å²) in [5.74, 6) is 0.889. The van der Waals surface area contributed by atoms with Crippen molar-refractivity contribution >= 4 is 38.3 Å². The summed E-state index contributed by atoms with van der Waals surface area (Å²) < 4.78 is 42.0. The zero-order valence-electron chi connectivity index (χ0n) is 36.3. The van der Waals surface area contributed by atoms with Gasteiger partial charge < -0.3 is 19.4 Å². The molecule has 4 fully saturated rings. The number of anilines is 1. The van der Waals surface area contributed by atoms with Crippen molar-refractivity contribution < 1.29 is 27.6 Å². The van der Waals surface area contributed by atoms with Crippen LogP contribution in [0.5, 0.6) is 11.5 Å². The summed E-state index contributed by atoms with van der Waals surface area (Å²) in [4.78, 5) is 41.8. The number of carbonyl (C=O) groups excluding carboxylic acids is 1. The fourth-order valence-electron chi connectivity index (χ4n) is 10.5. The lowest BCUT2D eigenvalue weighted by atomic mass is 9.59. The number of hydrogen-bond donors (Lipinski definition) is 2. The summed E-state index contributed by atoms with van der Waals surface area (Å²) in [7, 11) is -4.57. The number of nitro groups is 1. The van der Waals surface area contributed by atoms with Crippen LogP contribution in [-0.2, 0) is 21.2 Å². The molecule has 0 radical (unpaired) electrons. The minimum atomic E-state index is -4.57. The minimum absolute atomic E-state index is 0.0171. The van der Waals surface area contributed by atoms with E-state index in [4.69, 9.17) is 9.47 Å². The highest BCUT2D eigenvalue weighted by atomic mass is 32.2. The van der Waals surface area contributed by atoms with Crippen LogP contribution in [0.3, 0.4) is 0 Å². The molecule has 2 aliphatic carbocycles. The van der Waals surface area contributed by atoms with Crippen LogP contribution in [-0.4, -0.2) is 78.0 Å². The third-order valence-electron chi connectivity index (χ3n) is 14.2. The number of amides is 1. The van der Waals surface area contributed by atoms with Crippen LogP contribution in [0, 0.1) is 27.4 Å². The van der Waals surface area contributed by atoms with E-state index in [0.29, 0.717) is 42.3 Å². The normalized spacial score (nSPS) is 22.0. The van der Waals surface area contributed by atoms with Crippen LogP contribution < -0.4 is 14.4 Å². The van der Waals surface area contributed by atoms with Gasteiger partial charge in [0.15, 0.2) is 0 Å². The van der Waals surface area contributed by atoms with Crippen molar-refractivity contribution in [1.82, 2.24) is 24.6 Å². The Kier molecular flexibility index (Phi) is 12.0. The van der Waals surface area contributed by atoms with E-state index >= 15 is 0 Å². The number of aromatic nitrogens is 3. The number of nitrogens with zero attached hydrogens (tertiary/aromatic N) is 5. The van der Waals surface area contributed by atoms with E-state index in [0.717, 1.165) is 101 Å². The fourth-order valence-corrected chi connectivity index (χ4v) is 11.5. The number of fused-ring (bicyclic) bond motifs is 1. The van der Waals surface area contributed by atoms with Gasteiger partial charge in [-0.15, -0.1) is 0 Å². The summed E-state index contributed by atoms with van der Waals surface area (Å²) in [6.07, 6.45) is 13.2. The maximum Gasteiger partial charge on any atom is 0.292 e. The Hall–Kier alpha value is -5.38. The first-order chi connectivity index (χ1) is 30.3. The molecular formula is C48H57N7O7S. The lowest BCUT2D eigenvalue weighted by Gasteiger charge is -2.57. The maximum atomic E-state index is 14.0. The van der Waals surface area contributed by atoms with Crippen LogP contribution >= 0.6 is 0 Å². The summed E-state index contributed by atoms with van der Waals surface area (Å²) in [6.45, 7) is 10.8. The number of nitrogens with one attached hydrogen (secondary N) is 2. The Morgan fingerprint density at radius 3 is 2.56 bits per heavy atom. The molecule has 15 heteroatoms. The van der Waals surface area contributed by atoms with Crippen LogP contribution in [0.15, 0.2) is 84.1 Å². The molecule has 2 aliphatic heterocycles. The lowest BCUT2D eigenvalue weighted by molar-refractivity contribution is -0.386. The second-order valence-corrected chi connectivity index (χ2v) is 20.4. The third-order valence-corrected chi connectivity index (χ3v) is 15.5. The van der Waals surface area contributed by atoms with Crippen molar-refractivity contribution in [1.29, 1.82) is 0 Å². The molecule has 2 aromatic carbocycles. The Bertz CT molecular complexity index is 2590. The molecule has 14 nitrogen and oxygen atoms in total. The number of ether oxygens (including phenoxy) is 2. The average molecular weight is 876 g/mol. The third kappa shape index (κ3) is 9.05. The molecule has 9 rings (SSSR count). The largest absolute Gasteiger partial charge is 0.455 e. The zero-order chi connectivity index (χ0) is 43.9. The van der Waals surface area contributed by atoms with E-state index in [-0.39, 0.29) is 40.1 Å². The van der Waals surface area contributed by atoms with Gasteiger partial charge in [0, 0.05) is 61.3 Å². The first-order valence-corrected chi connectivity index (χ1v) is 24.0. The minimum Gasteiger partial charge on any atom is -0.455 e. The molecule has 2 N–H and O–H groups in total. The quantitative estimate of drug-likeness (QED) is 0.0905. The molecule has 1 atom stereocenters. The van der Waals surface area contributed by atoms with E-state index < -0.39 is 25.7 Å². The number of sulfonamides is 1. The molecular weight excluding hydrogens is 819 g/mol.